The standard InChI is InChI=1S/C8H6N4O2S2/c9-5(13)6-10-8(16-12-6)11-7(14)4-1-2-15-3-4/h1-3H,(H2,9,13)(H,10,11,12,14). The van der Waals surface area contributed by atoms with E-state index < -0.39 is 5.91 Å². The predicted molar refractivity (Wildman–Crippen MR) is 60.7 cm³/mol. The number of nitrogens with zero attached hydrogens (tertiary/aromatic N) is 2. The molecule has 0 aromatic carbocycles. The van der Waals surface area contributed by atoms with Gasteiger partial charge in [-0.1, -0.05) is 0 Å². The molecule has 16 heavy (non-hydrogen) atoms. The third-order valence-corrected chi connectivity index (χ3v) is 2.96. The number of nitrogens with two attached hydrogens (primary N) is 1. The van der Waals surface area contributed by atoms with Gasteiger partial charge in [-0.15, -0.1) is 0 Å². The molecule has 0 saturated carbocycles. The van der Waals surface area contributed by atoms with Crippen molar-refractivity contribution in [1.82, 2.24) is 9.36 Å². The van der Waals surface area contributed by atoms with Crippen LogP contribution in [-0.4, -0.2) is 21.2 Å². The second-order valence-electron chi connectivity index (χ2n) is 2.75. The van der Waals surface area contributed by atoms with Crippen molar-refractivity contribution in [2.75, 3.05) is 5.32 Å². The summed E-state index contributed by atoms with van der Waals surface area (Å²) in [6.07, 6.45) is 0. The van der Waals surface area contributed by atoms with E-state index in [9.17, 15) is 9.59 Å². The summed E-state index contributed by atoms with van der Waals surface area (Å²) >= 11 is 2.33. The Morgan fingerprint density at radius 1 is 1.44 bits per heavy atom. The highest BCUT2D eigenvalue weighted by atomic mass is 32.1. The Morgan fingerprint density at radius 2 is 2.25 bits per heavy atom. The van der Waals surface area contributed by atoms with Gasteiger partial charge >= 0.3 is 0 Å². The van der Waals surface area contributed by atoms with E-state index in [-0.39, 0.29) is 16.9 Å². The third kappa shape index (κ3) is 2.23. The van der Waals surface area contributed by atoms with Crippen LogP contribution in [0.2, 0.25) is 0 Å². The lowest BCUT2D eigenvalue weighted by Crippen LogP contribution is -2.14. The molecule has 2 amide bonds. The van der Waals surface area contributed by atoms with Gasteiger partial charge in [0.15, 0.2) is 0 Å². The zero-order valence-corrected chi connectivity index (χ0v) is 9.47. The molecule has 3 N–H and O–H groups in total. The van der Waals surface area contributed by atoms with E-state index in [2.05, 4.69) is 14.7 Å². The summed E-state index contributed by atoms with van der Waals surface area (Å²) in [5.41, 5.74) is 5.53. The van der Waals surface area contributed by atoms with Crippen LogP contribution in [0, 0.1) is 0 Å². The van der Waals surface area contributed by atoms with Gasteiger partial charge in [0.2, 0.25) is 11.0 Å². The lowest BCUT2D eigenvalue weighted by Gasteiger charge is -1.96. The van der Waals surface area contributed by atoms with Crippen LogP contribution < -0.4 is 11.1 Å². The highest BCUT2D eigenvalue weighted by molar-refractivity contribution is 7.10. The summed E-state index contributed by atoms with van der Waals surface area (Å²) in [6.45, 7) is 0. The summed E-state index contributed by atoms with van der Waals surface area (Å²) in [4.78, 5) is 26.1. The second kappa shape index (κ2) is 4.37. The minimum Gasteiger partial charge on any atom is -0.363 e. The van der Waals surface area contributed by atoms with Gasteiger partial charge in [-0.05, 0) is 11.4 Å². The lowest BCUT2D eigenvalue weighted by atomic mass is 10.3. The Hall–Kier alpha value is -1.80. The van der Waals surface area contributed by atoms with Crippen molar-refractivity contribution in [3.8, 4) is 0 Å². The van der Waals surface area contributed by atoms with E-state index in [1.165, 1.54) is 11.3 Å². The number of carbonyl (C=O) groups excluding carboxylic acids is 2. The zero-order valence-electron chi connectivity index (χ0n) is 7.84. The molecule has 0 bridgehead atoms. The minimum atomic E-state index is -0.715. The highest BCUT2D eigenvalue weighted by Crippen LogP contribution is 2.13. The Labute approximate surface area is 98.3 Å². The van der Waals surface area contributed by atoms with E-state index in [1.54, 1.807) is 16.8 Å². The van der Waals surface area contributed by atoms with Crippen LogP contribution in [0.3, 0.4) is 0 Å². The molecule has 0 atom stereocenters. The fourth-order valence-electron chi connectivity index (χ4n) is 0.937. The van der Waals surface area contributed by atoms with Gasteiger partial charge in [-0.2, -0.15) is 20.7 Å². The van der Waals surface area contributed by atoms with E-state index in [1.807, 2.05) is 0 Å². The van der Waals surface area contributed by atoms with Gasteiger partial charge in [-0.3, -0.25) is 14.9 Å². The fraction of sp³-hybridized carbons (Fsp3) is 0. The summed E-state index contributed by atoms with van der Waals surface area (Å²) < 4.78 is 3.69. The van der Waals surface area contributed by atoms with Crippen LogP contribution in [0.25, 0.3) is 0 Å². The molecule has 0 unspecified atom stereocenters. The number of rotatable bonds is 3. The number of carbonyl (C=O) groups is 2. The SMILES string of the molecule is NC(=O)c1nsc(NC(=O)c2ccsc2)n1. The maximum absolute atomic E-state index is 11.6. The van der Waals surface area contributed by atoms with Gasteiger partial charge < -0.3 is 5.73 Å². The van der Waals surface area contributed by atoms with Crippen molar-refractivity contribution in [2.45, 2.75) is 0 Å². The maximum atomic E-state index is 11.6. The Morgan fingerprint density at radius 3 is 2.81 bits per heavy atom. The van der Waals surface area contributed by atoms with E-state index in [0.717, 1.165) is 11.5 Å². The molecule has 2 rings (SSSR count). The van der Waals surface area contributed by atoms with E-state index >= 15 is 0 Å². The van der Waals surface area contributed by atoms with Crippen molar-refractivity contribution in [2.24, 2.45) is 5.73 Å². The quantitative estimate of drug-likeness (QED) is 0.852. The third-order valence-electron chi connectivity index (χ3n) is 1.65. The zero-order chi connectivity index (χ0) is 11.5. The smallest absolute Gasteiger partial charge is 0.287 e. The molecule has 0 fully saturated rings. The van der Waals surface area contributed by atoms with Gasteiger partial charge in [0, 0.05) is 16.9 Å². The number of amides is 2. The molecule has 2 heterocycles. The molecule has 0 aliphatic carbocycles. The van der Waals surface area contributed by atoms with Crippen molar-refractivity contribution in [1.29, 1.82) is 0 Å². The van der Waals surface area contributed by atoms with Crippen molar-refractivity contribution >= 4 is 39.8 Å². The fourth-order valence-corrected chi connectivity index (χ4v) is 2.14. The molecule has 0 aliphatic rings. The molecule has 0 radical (unpaired) electrons. The minimum absolute atomic E-state index is 0.0920. The van der Waals surface area contributed by atoms with Crippen LogP contribution in [-0.2, 0) is 0 Å². The van der Waals surface area contributed by atoms with Crippen molar-refractivity contribution in [3.05, 3.63) is 28.2 Å². The first-order chi connectivity index (χ1) is 7.66. The first-order valence-corrected chi connectivity index (χ1v) is 5.85. The van der Waals surface area contributed by atoms with Crippen LogP contribution in [0.1, 0.15) is 21.0 Å². The normalized spacial score (nSPS) is 10.0. The lowest BCUT2D eigenvalue weighted by molar-refractivity contribution is 0.0988. The first kappa shape index (κ1) is 10.7. The summed E-state index contributed by atoms with van der Waals surface area (Å²) in [5, 5.41) is 6.29. The molecule has 0 aliphatic heterocycles. The monoisotopic (exact) mass is 254 g/mol. The summed E-state index contributed by atoms with van der Waals surface area (Å²) in [6, 6.07) is 1.69. The van der Waals surface area contributed by atoms with E-state index in [0.29, 0.717) is 5.56 Å². The topological polar surface area (TPSA) is 98.0 Å². The molecule has 8 heteroatoms. The number of primary amides is 1. The number of hydrogen-bond acceptors (Lipinski definition) is 6. The van der Waals surface area contributed by atoms with Crippen molar-refractivity contribution in [3.63, 3.8) is 0 Å². The maximum Gasteiger partial charge on any atom is 0.287 e. The molecule has 2 aromatic heterocycles. The Kier molecular flexibility index (Phi) is 2.93. The Bertz CT molecular complexity index is 520. The van der Waals surface area contributed by atoms with Crippen LogP contribution in [0.4, 0.5) is 5.13 Å². The molecule has 0 spiro atoms. The number of aromatic nitrogens is 2. The van der Waals surface area contributed by atoms with Gasteiger partial charge in [0.05, 0.1) is 5.56 Å². The van der Waals surface area contributed by atoms with Crippen LogP contribution >= 0.6 is 22.9 Å². The van der Waals surface area contributed by atoms with Crippen LogP contribution in [0.5, 0.6) is 0 Å². The molecule has 0 saturated heterocycles. The summed E-state index contributed by atoms with van der Waals surface area (Å²) in [7, 11) is 0. The molecular formula is C8H6N4O2S2. The molecule has 6 nitrogen and oxygen atoms in total. The average molecular weight is 254 g/mol. The number of hydrogen-bond donors (Lipinski definition) is 2. The first-order valence-electron chi connectivity index (χ1n) is 4.14. The van der Waals surface area contributed by atoms with Gasteiger partial charge in [0.25, 0.3) is 11.8 Å². The van der Waals surface area contributed by atoms with Crippen LogP contribution in [0.15, 0.2) is 16.8 Å². The number of anilines is 1. The Balaban J connectivity index is 2.09. The predicted octanol–water partition coefficient (Wildman–Crippen LogP) is 0.951. The van der Waals surface area contributed by atoms with E-state index in [4.69, 9.17) is 5.73 Å². The molecule has 82 valence electrons. The molecule has 2 aromatic rings. The van der Waals surface area contributed by atoms with Gasteiger partial charge in [-0.25, -0.2) is 0 Å². The largest absolute Gasteiger partial charge is 0.363 e. The van der Waals surface area contributed by atoms with Gasteiger partial charge in [0.1, 0.15) is 0 Å². The second-order valence-corrected chi connectivity index (χ2v) is 4.29. The van der Waals surface area contributed by atoms with Crippen molar-refractivity contribution < 1.29 is 9.59 Å². The number of thiophene rings is 1. The average Bonchev–Trinajstić information content (AvgIpc) is 2.87. The number of nitrogens with one attached hydrogen (secondary N) is 1. The highest BCUT2D eigenvalue weighted by Gasteiger charge is 2.12. The summed E-state index contributed by atoms with van der Waals surface area (Å²) in [5.74, 6) is -1.09. The molecular weight excluding hydrogens is 248 g/mol.